The minimum atomic E-state index is 0.190. The van der Waals surface area contributed by atoms with Crippen molar-refractivity contribution >= 4 is 0 Å². The fraction of sp³-hybridized carbons (Fsp3) is 0.750. The zero-order valence-corrected chi connectivity index (χ0v) is 6.03. The molecule has 0 atom stereocenters. The molecule has 1 heteroatoms. The summed E-state index contributed by atoms with van der Waals surface area (Å²) in [6.07, 6.45) is 0.954. The van der Waals surface area contributed by atoms with Crippen LogP contribution in [0.3, 0.4) is 0 Å². The molecule has 1 aliphatic rings. The number of hydrogen-bond acceptors (Lipinski definition) is 1. The van der Waals surface area contributed by atoms with Crippen LogP contribution < -0.4 is 0 Å². The molecule has 1 saturated heterocycles. The lowest BCUT2D eigenvalue weighted by Crippen LogP contribution is -2.38. The Balaban J connectivity index is 2.41. The van der Waals surface area contributed by atoms with E-state index in [0.717, 1.165) is 19.6 Å². The first-order chi connectivity index (χ1) is 4.27. The van der Waals surface area contributed by atoms with E-state index in [-0.39, 0.29) is 5.41 Å². The Hall–Kier alpha value is -0.480. The van der Waals surface area contributed by atoms with Gasteiger partial charge >= 0.3 is 0 Å². The summed E-state index contributed by atoms with van der Waals surface area (Å²) in [7, 11) is 0. The van der Waals surface area contributed by atoms with Gasteiger partial charge in [0.05, 0.1) is 18.6 Å². The smallest absolute Gasteiger partial charge is 0.0752 e. The van der Waals surface area contributed by atoms with Crippen LogP contribution in [0, 0.1) is 17.3 Å². The van der Waals surface area contributed by atoms with E-state index in [9.17, 15) is 0 Å². The van der Waals surface area contributed by atoms with E-state index in [1.807, 2.05) is 0 Å². The van der Waals surface area contributed by atoms with Gasteiger partial charge in [-0.05, 0) is 6.92 Å². The van der Waals surface area contributed by atoms with Crippen LogP contribution in [0.25, 0.3) is 0 Å². The zero-order chi connectivity index (χ0) is 6.74. The van der Waals surface area contributed by atoms with Crippen LogP contribution >= 0.6 is 0 Å². The third kappa shape index (κ3) is 1.46. The molecule has 1 aliphatic heterocycles. The molecule has 0 aromatic heterocycles. The Morgan fingerprint density at radius 1 is 1.56 bits per heavy atom. The fourth-order valence-corrected chi connectivity index (χ4v) is 0.782. The lowest BCUT2D eigenvalue weighted by atomic mass is 9.90. The van der Waals surface area contributed by atoms with Crippen molar-refractivity contribution in [3.63, 3.8) is 0 Å². The van der Waals surface area contributed by atoms with Gasteiger partial charge in [0.1, 0.15) is 0 Å². The summed E-state index contributed by atoms with van der Waals surface area (Å²) in [4.78, 5) is 0. The van der Waals surface area contributed by atoms with Crippen LogP contribution in [-0.4, -0.2) is 13.2 Å². The maximum Gasteiger partial charge on any atom is 0.0752 e. The van der Waals surface area contributed by atoms with Gasteiger partial charge in [-0.25, -0.2) is 0 Å². The van der Waals surface area contributed by atoms with Gasteiger partial charge in [-0.15, -0.1) is 5.92 Å². The Kier molecular flexibility index (Phi) is 1.78. The standard InChI is InChI=1S/C8H12O/c1-3-4-5-8(2)6-9-7-8/h3,6-7H2,1-2H3. The second kappa shape index (κ2) is 2.41. The van der Waals surface area contributed by atoms with E-state index in [0.29, 0.717) is 0 Å². The molecule has 0 aliphatic carbocycles. The van der Waals surface area contributed by atoms with Crippen molar-refractivity contribution in [1.82, 2.24) is 0 Å². The lowest BCUT2D eigenvalue weighted by molar-refractivity contribution is -0.0648. The first-order valence-corrected chi connectivity index (χ1v) is 3.35. The zero-order valence-electron chi connectivity index (χ0n) is 6.03. The Bertz CT molecular complexity index is 146. The summed E-state index contributed by atoms with van der Waals surface area (Å²) in [6, 6.07) is 0. The largest absolute Gasteiger partial charge is 0.378 e. The van der Waals surface area contributed by atoms with Crippen LogP contribution in [0.5, 0.6) is 0 Å². The minimum Gasteiger partial charge on any atom is -0.378 e. The van der Waals surface area contributed by atoms with Crippen molar-refractivity contribution in [2.45, 2.75) is 20.3 Å². The maximum absolute atomic E-state index is 5.03. The highest BCUT2D eigenvalue weighted by atomic mass is 16.5. The van der Waals surface area contributed by atoms with E-state index >= 15 is 0 Å². The molecular formula is C8H12O. The molecule has 0 aromatic carbocycles. The van der Waals surface area contributed by atoms with Crippen LogP contribution in [0.15, 0.2) is 0 Å². The van der Waals surface area contributed by atoms with Crippen LogP contribution in [-0.2, 0) is 4.74 Å². The average Bonchev–Trinajstić information content (AvgIpc) is 1.79. The third-order valence-electron chi connectivity index (χ3n) is 1.41. The summed E-state index contributed by atoms with van der Waals surface area (Å²) in [5, 5.41) is 0. The quantitative estimate of drug-likeness (QED) is 0.444. The normalized spacial score (nSPS) is 21.6. The molecular weight excluding hydrogens is 112 g/mol. The molecule has 0 unspecified atom stereocenters. The van der Waals surface area contributed by atoms with E-state index in [1.165, 1.54) is 0 Å². The van der Waals surface area contributed by atoms with Gasteiger partial charge in [0.25, 0.3) is 0 Å². The molecule has 9 heavy (non-hydrogen) atoms. The molecule has 0 spiro atoms. The van der Waals surface area contributed by atoms with Gasteiger partial charge in [0, 0.05) is 6.42 Å². The molecule has 0 N–H and O–H groups in total. The molecule has 1 rings (SSSR count). The molecule has 1 heterocycles. The molecule has 0 amide bonds. The predicted octanol–water partition coefficient (Wildman–Crippen LogP) is 1.44. The van der Waals surface area contributed by atoms with Crippen molar-refractivity contribution in [2.24, 2.45) is 5.41 Å². The van der Waals surface area contributed by atoms with Crippen LogP contribution in [0.4, 0.5) is 0 Å². The maximum atomic E-state index is 5.03. The van der Waals surface area contributed by atoms with Crippen molar-refractivity contribution in [3.8, 4) is 11.8 Å². The van der Waals surface area contributed by atoms with E-state index in [4.69, 9.17) is 4.74 Å². The summed E-state index contributed by atoms with van der Waals surface area (Å²) >= 11 is 0. The highest BCUT2D eigenvalue weighted by Gasteiger charge is 2.30. The highest BCUT2D eigenvalue weighted by molar-refractivity contribution is 5.12. The first kappa shape index (κ1) is 6.64. The minimum absolute atomic E-state index is 0.190. The summed E-state index contributed by atoms with van der Waals surface area (Å²) in [5.41, 5.74) is 0.190. The lowest BCUT2D eigenvalue weighted by Gasteiger charge is -2.32. The van der Waals surface area contributed by atoms with Gasteiger partial charge in [0.2, 0.25) is 0 Å². The van der Waals surface area contributed by atoms with E-state index in [1.54, 1.807) is 0 Å². The highest BCUT2D eigenvalue weighted by Crippen LogP contribution is 2.24. The predicted molar refractivity (Wildman–Crippen MR) is 37.0 cm³/mol. The molecule has 50 valence electrons. The number of hydrogen-bond donors (Lipinski definition) is 0. The van der Waals surface area contributed by atoms with Crippen LogP contribution in [0.1, 0.15) is 20.3 Å². The number of rotatable bonds is 0. The van der Waals surface area contributed by atoms with Gasteiger partial charge < -0.3 is 4.74 Å². The summed E-state index contributed by atoms with van der Waals surface area (Å²) in [5.74, 6) is 6.23. The summed E-state index contributed by atoms with van der Waals surface area (Å²) in [6.45, 7) is 5.84. The van der Waals surface area contributed by atoms with Crippen LogP contribution in [0.2, 0.25) is 0 Å². The summed E-state index contributed by atoms with van der Waals surface area (Å²) < 4.78 is 5.03. The third-order valence-corrected chi connectivity index (χ3v) is 1.41. The monoisotopic (exact) mass is 124 g/mol. The SMILES string of the molecule is CCC#CC1(C)COC1. The molecule has 0 bridgehead atoms. The number of ether oxygens (including phenoxy) is 1. The average molecular weight is 124 g/mol. The van der Waals surface area contributed by atoms with E-state index < -0.39 is 0 Å². The van der Waals surface area contributed by atoms with Gasteiger partial charge in [-0.2, -0.15) is 0 Å². The van der Waals surface area contributed by atoms with Crippen molar-refractivity contribution in [2.75, 3.05) is 13.2 Å². The fourth-order valence-electron chi connectivity index (χ4n) is 0.782. The topological polar surface area (TPSA) is 9.23 Å². The van der Waals surface area contributed by atoms with Crippen molar-refractivity contribution in [1.29, 1.82) is 0 Å². The van der Waals surface area contributed by atoms with Gasteiger partial charge in [-0.3, -0.25) is 0 Å². The molecule has 1 nitrogen and oxygen atoms in total. The van der Waals surface area contributed by atoms with Crippen molar-refractivity contribution in [3.05, 3.63) is 0 Å². The van der Waals surface area contributed by atoms with E-state index in [2.05, 4.69) is 25.7 Å². The first-order valence-electron chi connectivity index (χ1n) is 3.35. The molecule has 0 aromatic rings. The molecule has 0 radical (unpaired) electrons. The molecule has 0 saturated carbocycles. The van der Waals surface area contributed by atoms with Gasteiger partial charge in [0.15, 0.2) is 0 Å². The van der Waals surface area contributed by atoms with Gasteiger partial charge in [-0.1, -0.05) is 12.8 Å². The van der Waals surface area contributed by atoms with Crippen molar-refractivity contribution < 1.29 is 4.74 Å². The Labute approximate surface area is 56.4 Å². The molecule has 1 fully saturated rings. The Morgan fingerprint density at radius 3 is 2.56 bits per heavy atom. The second-order valence-corrected chi connectivity index (χ2v) is 2.71. The second-order valence-electron chi connectivity index (χ2n) is 2.71. The Morgan fingerprint density at radius 2 is 2.22 bits per heavy atom.